The Balaban J connectivity index is 1.55. The lowest BCUT2D eigenvalue weighted by Gasteiger charge is -2.39. The number of aliphatic carboxylic acids is 1. The van der Waals surface area contributed by atoms with Crippen molar-refractivity contribution in [3.8, 4) is 5.75 Å². The fraction of sp³-hybridized carbons (Fsp3) is 0.567. The Hall–Kier alpha value is -4.13. The maximum Gasteiger partial charge on any atom is 0.322 e. The number of benzene rings is 1. The number of amides is 4. The van der Waals surface area contributed by atoms with Crippen LogP contribution < -0.4 is 20.7 Å². The molecule has 2 heterocycles. The molecule has 0 radical (unpaired) electrons. The largest absolute Gasteiger partial charge is 0.497 e. The van der Waals surface area contributed by atoms with Crippen LogP contribution in [0.2, 0.25) is 0 Å². The molecule has 1 aromatic carbocycles. The fourth-order valence-electron chi connectivity index (χ4n) is 6.00. The molecule has 1 saturated carbocycles. The number of ether oxygens (including phenoxy) is 1. The first kappa shape index (κ1) is 31.8. The molecule has 2 atom stereocenters. The van der Waals surface area contributed by atoms with E-state index in [0.717, 1.165) is 32.1 Å². The van der Waals surface area contributed by atoms with Crippen molar-refractivity contribution in [2.75, 3.05) is 46.9 Å². The number of hydrogen-bond donors (Lipinski definition) is 4. The second-order valence-electron chi connectivity index (χ2n) is 11.3. The molecule has 13 heteroatoms. The van der Waals surface area contributed by atoms with Crippen LogP contribution in [0.15, 0.2) is 18.2 Å². The van der Waals surface area contributed by atoms with Crippen molar-refractivity contribution in [1.29, 1.82) is 0 Å². The lowest BCUT2D eigenvalue weighted by Crippen LogP contribution is -2.59. The SMILES string of the molecule is CNC(C)C(=O)NC(C(=O)N1CCN(C(=O)c2c(C(=O)NCC(=O)O)c3ccc(OC)cc3n2C)CC1)C1CCCCC1. The lowest BCUT2D eigenvalue weighted by molar-refractivity contribution is -0.140. The van der Waals surface area contributed by atoms with Crippen molar-refractivity contribution in [3.05, 3.63) is 29.5 Å². The zero-order chi connectivity index (χ0) is 31.3. The highest BCUT2D eigenvalue weighted by Crippen LogP contribution is 2.31. The number of carbonyl (C=O) groups excluding carboxylic acids is 4. The molecule has 2 unspecified atom stereocenters. The van der Waals surface area contributed by atoms with Crippen molar-refractivity contribution < 1.29 is 33.8 Å². The quantitative estimate of drug-likeness (QED) is 0.314. The van der Waals surface area contributed by atoms with Gasteiger partial charge in [0.05, 0.1) is 24.2 Å². The third-order valence-electron chi connectivity index (χ3n) is 8.63. The van der Waals surface area contributed by atoms with Gasteiger partial charge in [-0.2, -0.15) is 0 Å². The fourth-order valence-corrected chi connectivity index (χ4v) is 6.00. The highest BCUT2D eigenvalue weighted by Gasteiger charge is 2.37. The molecule has 4 amide bonds. The minimum absolute atomic E-state index is 0.0635. The third-order valence-corrected chi connectivity index (χ3v) is 8.63. The van der Waals surface area contributed by atoms with E-state index in [1.54, 1.807) is 53.6 Å². The van der Waals surface area contributed by atoms with E-state index in [4.69, 9.17) is 9.84 Å². The van der Waals surface area contributed by atoms with Crippen LogP contribution in [0.3, 0.4) is 0 Å². The van der Waals surface area contributed by atoms with Crippen molar-refractivity contribution in [1.82, 2.24) is 30.3 Å². The molecule has 2 fully saturated rings. The standard InChI is InChI=1S/C30H42N6O7/c1-18(31-2)27(39)33-25(19-8-6-5-7-9-19)29(41)35-12-14-36(15-13-35)30(42)26-24(28(40)32-17-23(37)38)21-11-10-20(43-4)16-22(21)34(26)3/h10-11,16,18-19,25,31H,5-9,12-15,17H2,1-4H3,(H,32,40)(H,33,39)(H,37,38). The number of nitrogens with zero attached hydrogens (tertiary/aromatic N) is 3. The number of nitrogens with one attached hydrogen (secondary N) is 3. The number of carboxylic acids is 1. The summed E-state index contributed by atoms with van der Waals surface area (Å²) in [6.07, 6.45) is 4.92. The summed E-state index contributed by atoms with van der Waals surface area (Å²) in [5.41, 5.74) is 0.793. The molecule has 1 aliphatic heterocycles. The van der Waals surface area contributed by atoms with E-state index in [-0.39, 0.29) is 55.2 Å². The monoisotopic (exact) mass is 598 g/mol. The molecule has 1 saturated heterocycles. The molecular formula is C30H42N6O7. The molecule has 1 aliphatic carbocycles. The summed E-state index contributed by atoms with van der Waals surface area (Å²) in [4.78, 5) is 68.1. The molecule has 13 nitrogen and oxygen atoms in total. The van der Waals surface area contributed by atoms with Crippen molar-refractivity contribution in [3.63, 3.8) is 0 Å². The van der Waals surface area contributed by atoms with Gasteiger partial charge in [-0.25, -0.2) is 0 Å². The summed E-state index contributed by atoms with van der Waals surface area (Å²) >= 11 is 0. The van der Waals surface area contributed by atoms with Gasteiger partial charge in [0.2, 0.25) is 11.8 Å². The summed E-state index contributed by atoms with van der Waals surface area (Å²) in [6, 6.07) is 4.00. The predicted octanol–water partition coefficient (Wildman–Crippen LogP) is 0.959. The van der Waals surface area contributed by atoms with E-state index in [2.05, 4.69) is 16.0 Å². The number of aromatic nitrogens is 1. The van der Waals surface area contributed by atoms with Gasteiger partial charge in [0.25, 0.3) is 11.8 Å². The van der Waals surface area contributed by atoms with E-state index >= 15 is 0 Å². The van der Waals surface area contributed by atoms with Gasteiger partial charge in [-0.05, 0) is 44.9 Å². The van der Waals surface area contributed by atoms with Crippen molar-refractivity contribution in [2.24, 2.45) is 13.0 Å². The van der Waals surface area contributed by atoms with E-state index in [1.165, 1.54) is 7.11 Å². The summed E-state index contributed by atoms with van der Waals surface area (Å²) < 4.78 is 6.95. The predicted molar refractivity (Wildman–Crippen MR) is 159 cm³/mol. The van der Waals surface area contributed by atoms with Crippen molar-refractivity contribution >= 4 is 40.5 Å². The normalized spacial score (nSPS) is 17.3. The zero-order valence-electron chi connectivity index (χ0n) is 25.3. The topological polar surface area (TPSA) is 162 Å². The van der Waals surface area contributed by atoms with Gasteiger partial charge in [-0.15, -0.1) is 0 Å². The van der Waals surface area contributed by atoms with Crippen LogP contribution in [-0.2, 0) is 21.4 Å². The van der Waals surface area contributed by atoms with Gasteiger partial charge in [0.1, 0.15) is 24.0 Å². The highest BCUT2D eigenvalue weighted by atomic mass is 16.5. The Labute approximate surface area is 250 Å². The minimum atomic E-state index is -1.20. The van der Waals surface area contributed by atoms with Crippen LogP contribution in [0, 0.1) is 5.92 Å². The molecule has 2 aliphatic rings. The first-order chi connectivity index (χ1) is 20.6. The van der Waals surface area contributed by atoms with Gasteiger partial charge in [-0.3, -0.25) is 24.0 Å². The van der Waals surface area contributed by atoms with E-state index in [9.17, 15) is 24.0 Å². The molecule has 4 rings (SSSR count). The van der Waals surface area contributed by atoms with Gasteiger partial charge in [0, 0.05) is 44.7 Å². The number of carbonyl (C=O) groups is 5. The van der Waals surface area contributed by atoms with Gasteiger partial charge in [-0.1, -0.05) is 19.3 Å². The van der Waals surface area contributed by atoms with Gasteiger partial charge >= 0.3 is 5.97 Å². The van der Waals surface area contributed by atoms with Crippen LogP contribution in [0.4, 0.5) is 0 Å². The first-order valence-electron chi connectivity index (χ1n) is 14.8. The molecule has 43 heavy (non-hydrogen) atoms. The molecule has 0 spiro atoms. The second kappa shape index (κ2) is 13.9. The maximum absolute atomic E-state index is 13.9. The molecule has 2 aromatic rings. The number of fused-ring (bicyclic) bond motifs is 1. The highest BCUT2D eigenvalue weighted by molar-refractivity contribution is 6.16. The molecule has 4 N–H and O–H groups in total. The third kappa shape index (κ3) is 6.93. The number of hydrogen-bond acceptors (Lipinski definition) is 7. The van der Waals surface area contributed by atoms with Crippen LogP contribution in [0.25, 0.3) is 10.9 Å². The van der Waals surface area contributed by atoms with Crippen LogP contribution >= 0.6 is 0 Å². The lowest BCUT2D eigenvalue weighted by atomic mass is 9.83. The Morgan fingerprint density at radius 1 is 1.02 bits per heavy atom. The average Bonchev–Trinajstić information content (AvgIpc) is 3.32. The van der Waals surface area contributed by atoms with E-state index in [1.807, 2.05) is 0 Å². The van der Waals surface area contributed by atoms with Crippen LogP contribution in [0.5, 0.6) is 5.75 Å². The van der Waals surface area contributed by atoms with Crippen LogP contribution in [0.1, 0.15) is 59.9 Å². The van der Waals surface area contributed by atoms with Crippen molar-refractivity contribution in [2.45, 2.75) is 51.1 Å². The molecular weight excluding hydrogens is 556 g/mol. The number of carboxylic acid groups (broad SMARTS) is 1. The Morgan fingerprint density at radius 3 is 2.28 bits per heavy atom. The molecule has 0 bridgehead atoms. The number of likely N-dealkylation sites (N-methyl/N-ethyl adjacent to an activating group) is 1. The smallest absolute Gasteiger partial charge is 0.322 e. The summed E-state index contributed by atoms with van der Waals surface area (Å²) in [6.45, 7) is 2.20. The number of rotatable bonds is 10. The maximum atomic E-state index is 13.9. The van der Waals surface area contributed by atoms with Gasteiger partial charge < -0.3 is 40.2 Å². The summed E-state index contributed by atoms with van der Waals surface area (Å²) in [5, 5.41) is 17.9. The molecule has 234 valence electrons. The Bertz CT molecular complexity index is 1370. The Kier molecular flexibility index (Phi) is 10.3. The second-order valence-corrected chi connectivity index (χ2v) is 11.3. The molecule has 1 aromatic heterocycles. The summed E-state index contributed by atoms with van der Waals surface area (Å²) in [5.74, 6) is -2.02. The average molecular weight is 599 g/mol. The zero-order valence-corrected chi connectivity index (χ0v) is 25.3. The number of methoxy groups -OCH3 is 1. The Morgan fingerprint density at radius 2 is 1.67 bits per heavy atom. The summed E-state index contributed by atoms with van der Waals surface area (Å²) in [7, 11) is 4.89. The van der Waals surface area contributed by atoms with E-state index in [0.29, 0.717) is 16.7 Å². The van der Waals surface area contributed by atoms with E-state index < -0.39 is 36.4 Å². The first-order valence-corrected chi connectivity index (χ1v) is 14.8. The number of aryl methyl sites for hydroxylation is 1. The van der Waals surface area contributed by atoms with Gasteiger partial charge in [0.15, 0.2) is 0 Å². The van der Waals surface area contributed by atoms with Crippen LogP contribution in [-0.4, -0.2) is 108 Å². The number of piperazine rings is 1. The minimum Gasteiger partial charge on any atom is -0.497 e.